The van der Waals surface area contributed by atoms with Crippen molar-refractivity contribution in [2.75, 3.05) is 13.1 Å². The van der Waals surface area contributed by atoms with Gasteiger partial charge < -0.3 is 4.42 Å². The third kappa shape index (κ3) is 4.75. The molecule has 4 aromatic rings. The smallest absolute Gasteiger partial charge is 0.186 e. The summed E-state index contributed by atoms with van der Waals surface area (Å²) in [5.74, 6) is 0. The summed E-state index contributed by atoms with van der Waals surface area (Å²) in [6.07, 6.45) is 6.05. The number of carbonyl (C=O) groups is 1. The molecule has 4 nitrogen and oxygen atoms in total. The lowest BCUT2D eigenvalue weighted by Crippen LogP contribution is -2.52. The molecule has 0 saturated carbocycles. The highest BCUT2D eigenvalue weighted by Gasteiger charge is 2.44. The fourth-order valence-corrected chi connectivity index (χ4v) is 6.11. The van der Waals surface area contributed by atoms with Crippen LogP contribution in [0.3, 0.4) is 0 Å². The molecule has 1 aromatic heterocycles. The molecule has 0 N–H and O–H groups in total. The highest BCUT2D eigenvalue weighted by molar-refractivity contribution is 8.14. The van der Waals surface area contributed by atoms with E-state index < -0.39 is 5.54 Å². The van der Waals surface area contributed by atoms with Crippen molar-refractivity contribution >= 4 is 23.0 Å². The summed E-state index contributed by atoms with van der Waals surface area (Å²) < 4.78 is 5.23. The largest absolute Gasteiger partial charge is 0.451 e. The van der Waals surface area contributed by atoms with Crippen molar-refractivity contribution in [3.05, 3.63) is 132 Å². The summed E-state index contributed by atoms with van der Waals surface area (Å²) in [7, 11) is 0. The molecule has 5 heteroatoms. The third-order valence-electron chi connectivity index (χ3n) is 6.59. The van der Waals surface area contributed by atoms with E-state index >= 15 is 0 Å². The topological polar surface area (TPSA) is 46.3 Å². The molecule has 35 heavy (non-hydrogen) atoms. The average Bonchev–Trinajstić information content (AvgIpc) is 3.41. The maximum atomic E-state index is 12.1. The fraction of sp³-hybridized carbons (Fsp3) is 0.200. The highest BCUT2D eigenvalue weighted by atomic mass is 32.2. The van der Waals surface area contributed by atoms with Crippen LogP contribution >= 0.6 is 11.8 Å². The lowest BCUT2D eigenvalue weighted by atomic mass is 9.74. The van der Waals surface area contributed by atoms with E-state index in [-0.39, 0.29) is 10.4 Å². The predicted molar refractivity (Wildman–Crippen MR) is 142 cm³/mol. The lowest BCUT2D eigenvalue weighted by molar-refractivity contribution is -0.109. The van der Waals surface area contributed by atoms with Gasteiger partial charge in [-0.15, -0.1) is 0 Å². The van der Waals surface area contributed by atoms with Gasteiger partial charge in [0.2, 0.25) is 0 Å². The Kier molecular flexibility index (Phi) is 6.98. The molecular weight excluding hydrogens is 452 g/mol. The molecule has 0 aliphatic carbocycles. The quantitative estimate of drug-likeness (QED) is 0.299. The third-order valence-corrected chi connectivity index (χ3v) is 7.75. The maximum absolute atomic E-state index is 12.1. The normalized spacial score (nSPS) is 18.0. The number of carbonyl (C=O) groups excluding carboxylic acids is 1. The SMILES string of the molecule is CC(=O)SC1CCN(C(c2ccccc2)(c2ccccc2)c2ccccc2)C/C1=C\c1cocn1. The summed E-state index contributed by atoms with van der Waals surface area (Å²) in [4.78, 5) is 19.0. The van der Waals surface area contributed by atoms with E-state index in [9.17, 15) is 4.79 Å². The first kappa shape index (κ1) is 23.3. The Hall–Kier alpha value is -3.41. The molecule has 3 aromatic carbocycles. The number of thioether (sulfide) groups is 1. The van der Waals surface area contributed by atoms with E-state index in [0.717, 1.165) is 18.7 Å². The van der Waals surface area contributed by atoms with Gasteiger partial charge in [0.1, 0.15) is 12.0 Å². The minimum Gasteiger partial charge on any atom is -0.451 e. The Morgan fingerprint density at radius 2 is 1.49 bits per heavy atom. The van der Waals surface area contributed by atoms with Gasteiger partial charge in [-0.1, -0.05) is 103 Å². The van der Waals surface area contributed by atoms with Gasteiger partial charge >= 0.3 is 0 Å². The van der Waals surface area contributed by atoms with Crippen LogP contribution in [0.4, 0.5) is 0 Å². The molecule has 0 spiro atoms. The Morgan fingerprint density at radius 1 is 0.943 bits per heavy atom. The molecule has 0 radical (unpaired) electrons. The van der Waals surface area contributed by atoms with Crippen LogP contribution in [0.25, 0.3) is 6.08 Å². The Labute approximate surface area is 210 Å². The molecule has 1 fully saturated rings. The van der Waals surface area contributed by atoms with E-state index in [1.165, 1.54) is 40.4 Å². The number of piperidine rings is 1. The van der Waals surface area contributed by atoms with E-state index in [1.807, 2.05) is 0 Å². The zero-order chi connectivity index (χ0) is 24.1. The Balaban J connectivity index is 1.69. The van der Waals surface area contributed by atoms with Gasteiger partial charge in [-0.25, -0.2) is 4.98 Å². The van der Waals surface area contributed by atoms with Crippen LogP contribution in [-0.4, -0.2) is 33.3 Å². The minimum absolute atomic E-state index is 0.112. The highest BCUT2D eigenvalue weighted by Crippen LogP contribution is 2.45. The molecule has 1 saturated heterocycles. The summed E-state index contributed by atoms with van der Waals surface area (Å²) in [6, 6.07) is 32.2. The maximum Gasteiger partial charge on any atom is 0.186 e. The van der Waals surface area contributed by atoms with E-state index in [0.29, 0.717) is 6.54 Å². The summed E-state index contributed by atoms with van der Waals surface area (Å²) in [6.45, 7) is 3.20. The van der Waals surface area contributed by atoms with Crippen molar-refractivity contribution in [1.82, 2.24) is 9.88 Å². The predicted octanol–water partition coefficient (Wildman–Crippen LogP) is 6.40. The van der Waals surface area contributed by atoms with Crippen LogP contribution < -0.4 is 0 Å². The van der Waals surface area contributed by atoms with Gasteiger partial charge in [-0.05, 0) is 34.8 Å². The van der Waals surface area contributed by atoms with E-state index in [1.54, 1.807) is 13.2 Å². The summed E-state index contributed by atoms with van der Waals surface area (Å²) in [5.41, 5.74) is 5.12. The molecule has 0 amide bonds. The van der Waals surface area contributed by atoms with E-state index in [2.05, 4.69) is 107 Å². The lowest BCUT2D eigenvalue weighted by Gasteiger charge is -2.49. The van der Waals surface area contributed by atoms with Crippen LogP contribution in [0.5, 0.6) is 0 Å². The van der Waals surface area contributed by atoms with Gasteiger partial charge in [0.05, 0.1) is 5.54 Å². The standard InChI is InChI=1S/C30H28N2O2S/c1-23(33)35-29-17-18-32(20-24(29)19-28-21-34-22-31-28)30(25-11-5-2-6-12-25,26-13-7-3-8-14-26)27-15-9-4-10-16-27/h2-16,19,21-22,29H,17-18,20H2,1H3/b24-19+. The fourth-order valence-electron chi connectivity index (χ4n) is 5.19. The molecule has 0 bridgehead atoms. The zero-order valence-electron chi connectivity index (χ0n) is 19.7. The summed E-state index contributed by atoms with van der Waals surface area (Å²) in [5, 5.41) is 0.246. The number of hydrogen-bond donors (Lipinski definition) is 0. The van der Waals surface area contributed by atoms with Crippen molar-refractivity contribution in [3.8, 4) is 0 Å². The molecule has 1 atom stereocenters. The van der Waals surface area contributed by atoms with Crippen LogP contribution in [0.15, 0.2) is 114 Å². The first-order valence-corrected chi connectivity index (χ1v) is 12.7. The molecule has 1 aliphatic heterocycles. The Morgan fingerprint density at radius 3 is 1.94 bits per heavy atom. The number of oxazole rings is 1. The number of rotatable bonds is 6. The van der Waals surface area contributed by atoms with Crippen molar-refractivity contribution in [1.29, 1.82) is 0 Å². The van der Waals surface area contributed by atoms with Gasteiger partial charge in [0.15, 0.2) is 11.5 Å². The van der Waals surface area contributed by atoms with Crippen molar-refractivity contribution in [3.63, 3.8) is 0 Å². The van der Waals surface area contributed by atoms with Crippen molar-refractivity contribution in [2.24, 2.45) is 0 Å². The van der Waals surface area contributed by atoms with Gasteiger partial charge in [-0.3, -0.25) is 9.69 Å². The summed E-state index contributed by atoms with van der Waals surface area (Å²) >= 11 is 1.41. The minimum atomic E-state index is -0.488. The van der Waals surface area contributed by atoms with Crippen molar-refractivity contribution in [2.45, 2.75) is 24.1 Å². The second-order valence-corrected chi connectivity index (χ2v) is 10.1. The first-order valence-electron chi connectivity index (χ1n) is 11.9. The molecule has 2 heterocycles. The van der Waals surface area contributed by atoms with Crippen LogP contribution in [0.1, 0.15) is 35.7 Å². The molecule has 5 rings (SSSR count). The number of aromatic nitrogens is 1. The zero-order valence-corrected chi connectivity index (χ0v) is 20.5. The first-order chi connectivity index (χ1) is 17.2. The molecule has 1 unspecified atom stereocenters. The monoisotopic (exact) mass is 480 g/mol. The number of likely N-dealkylation sites (tertiary alicyclic amines) is 1. The van der Waals surface area contributed by atoms with Crippen molar-refractivity contribution < 1.29 is 9.21 Å². The molecular formula is C30H28N2O2S. The van der Waals surface area contributed by atoms with Crippen LogP contribution in [0, 0.1) is 0 Å². The number of nitrogens with zero attached hydrogens (tertiary/aromatic N) is 2. The van der Waals surface area contributed by atoms with E-state index in [4.69, 9.17) is 4.42 Å². The molecule has 176 valence electrons. The number of hydrogen-bond acceptors (Lipinski definition) is 5. The Bertz CT molecular complexity index is 1180. The number of benzene rings is 3. The van der Waals surface area contributed by atoms with Gasteiger partial charge in [-0.2, -0.15) is 0 Å². The average molecular weight is 481 g/mol. The molecule has 1 aliphatic rings. The second kappa shape index (κ2) is 10.5. The van der Waals surface area contributed by atoms with Crippen LogP contribution in [-0.2, 0) is 10.3 Å². The van der Waals surface area contributed by atoms with Crippen LogP contribution in [0.2, 0.25) is 0 Å². The second-order valence-electron chi connectivity index (χ2n) is 8.75. The van der Waals surface area contributed by atoms with Gasteiger partial charge in [0, 0.05) is 25.3 Å². The van der Waals surface area contributed by atoms with Gasteiger partial charge in [0.25, 0.3) is 0 Å².